The number of hydrogen-bond donors (Lipinski definition) is 2. The van der Waals surface area contributed by atoms with E-state index in [1.165, 1.54) is 0 Å². The molecular formula is C24H31N3O4S. The van der Waals surface area contributed by atoms with Crippen molar-refractivity contribution in [3.05, 3.63) is 59.7 Å². The van der Waals surface area contributed by atoms with Crippen LogP contribution in [0.2, 0.25) is 0 Å². The van der Waals surface area contributed by atoms with E-state index in [0.717, 1.165) is 18.4 Å². The molecule has 172 valence electrons. The van der Waals surface area contributed by atoms with Gasteiger partial charge in [0.05, 0.1) is 4.90 Å². The Hall–Kier alpha value is -2.87. The van der Waals surface area contributed by atoms with Gasteiger partial charge in [-0.2, -0.15) is 0 Å². The Labute approximate surface area is 190 Å². The van der Waals surface area contributed by atoms with Crippen molar-refractivity contribution in [2.45, 2.75) is 44.4 Å². The maximum Gasteiger partial charge on any atom is 0.261 e. The van der Waals surface area contributed by atoms with Gasteiger partial charge in [0, 0.05) is 36.8 Å². The Morgan fingerprint density at radius 1 is 1.00 bits per heavy atom. The van der Waals surface area contributed by atoms with Crippen LogP contribution in [0.5, 0.6) is 0 Å². The fourth-order valence-electron chi connectivity index (χ4n) is 3.67. The highest BCUT2D eigenvalue weighted by Gasteiger charge is 2.27. The van der Waals surface area contributed by atoms with E-state index in [1.807, 2.05) is 6.92 Å². The number of unbranched alkanes of at least 4 members (excludes halogenated alkanes) is 1. The summed E-state index contributed by atoms with van der Waals surface area (Å²) in [4.78, 5) is 27.0. The second-order valence-electron chi connectivity index (χ2n) is 8.21. The second kappa shape index (κ2) is 10.6. The molecule has 1 aliphatic rings. The second-order valence-corrected chi connectivity index (χ2v) is 9.89. The zero-order chi connectivity index (χ0) is 23.1. The normalized spacial score (nSPS) is 14.8. The fourth-order valence-corrected chi connectivity index (χ4v) is 4.73. The summed E-state index contributed by atoms with van der Waals surface area (Å²) in [7, 11) is -3.69. The van der Waals surface area contributed by atoms with Crippen molar-refractivity contribution in [1.29, 1.82) is 0 Å². The molecule has 7 nitrogen and oxygen atoms in total. The van der Waals surface area contributed by atoms with Gasteiger partial charge < -0.3 is 10.2 Å². The molecule has 0 atom stereocenters. The first-order chi connectivity index (χ1) is 15.3. The van der Waals surface area contributed by atoms with E-state index in [4.69, 9.17) is 0 Å². The number of hydrogen-bond acceptors (Lipinski definition) is 4. The van der Waals surface area contributed by atoms with E-state index in [0.29, 0.717) is 43.7 Å². The molecule has 1 aliphatic heterocycles. The van der Waals surface area contributed by atoms with Gasteiger partial charge in [-0.15, -0.1) is 0 Å². The summed E-state index contributed by atoms with van der Waals surface area (Å²) in [5.41, 5.74) is 1.87. The van der Waals surface area contributed by atoms with E-state index >= 15 is 0 Å². The monoisotopic (exact) mass is 457 g/mol. The number of nitrogens with zero attached hydrogens (tertiary/aromatic N) is 1. The molecule has 2 aromatic rings. The average molecular weight is 458 g/mol. The Bertz CT molecular complexity index is 1030. The number of amides is 2. The zero-order valence-corrected chi connectivity index (χ0v) is 19.5. The highest BCUT2D eigenvalue weighted by Crippen LogP contribution is 2.21. The smallest absolute Gasteiger partial charge is 0.261 e. The van der Waals surface area contributed by atoms with Crippen LogP contribution in [0.25, 0.3) is 0 Å². The maximum atomic E-state index is 12.8. The number of carbonyl (C=O) groups is 2. The molecule has 0 unspecified atom stereocenters. The lowest BCUT2D eigenvalue weighted by atomic mass is 9.95. The summed E-state index contributed by atoms with van der Waals surface area (Å²) in [6.07, 6.45) is 3.32. The van der Waals surface area contributed by atoms with Crippen molar-refractivity contribution in [3.8, 4) is 0 Å². The van der Waals surface area contributed by atoms with Crippen molar-refractivity contribution < 1.29 is 18.0 Å². The molecule has 2 aromatic carbocycles. The Morgan fingerprint density at radius 2 is 1.62 bits per heavy atom. The predicted molar refractivity (Wildman–Crippen MR) is 125 cm³/mol. The van der Waals surface area contributed by atoms with Gasteiger partial charge in [-0.3, -0.25) is 14.3 Å². The van der Waals surface area contributed by atoms with E-state index < -0.39 is 10.0 Å². The van der Waals surface area contributed by atoms with E-state index in [-0.39, 0.29) is 22.6 Å². The van der Waals surface area contributed by atoms with Crippen LogP contribution in [0.1, 0.15) is 48.5 Å². The summed E-state index contributed by atoms with van der Waals surface area (Å²) in [5, 5.41) is 2.97. The number of piperidine rings is 1. The number of carbonyl (C=O) groups excluding carboxylic acids is 2. The third kappa shape index (κ3) is 6.09. The number of nitrogens with one attached hydrogen (secondary N) is 2. The molecule has 0 aliphatic carbocycles. The van der Waals surface area contributed by atoms with Crippen molar-refractivity contribution in [1.82, 2.24) is 10.2 Å². The van der Waals surface area contributed by atoms with Gasteiger partial charge >= 0.3 is 0 Å². The minimum absolute atomic E-state index is 0.0468. The van der Waals surface area contributed by atoms with Crippen molar-refractivity contribution in [3.63, 3.8) is 0 Å². The average Bonchev–Trinajstić information content (AvgIpc) is 2.79. The van der Waals surface area contributed by atoms with Gasteiger partial charge in [-0.25, -0.2) is 8.42 Å². The lowest BCUT2D eigenvalue weighted by Gasteiger charge is -2.31. The molecule has 32 heavy (non-hydrogen) atoms. The van der Waals surface area contributed by atoms with Crippen LogP contribution in [0.4, 0.5) is 5.69 Å². The van der Waals surface area contributed by atoms with Crippen LogP contribution < -0.4 is 10.0 Å². The summed E-state index contributed by atoms with van der Waals surface area (Å²) in [5.74, 6) is -0.0759. The third-order valence-electron chi connectivity index (χ3n) is 5.70. The Balaban J connectivity index is 1.55. The fraction of sp³-hybridized carbons (Fsp3) is 0.417. The highest BCUT2D eigenvalue weighted by atomic mass is 32.2. The molecule has 0 radical (unpaired) electrons. The molecule has 1 fully saturated rings. The van der Waals surface area contributed by atoms with Crippen LogP contribution >= 0.6 is 0 Å². The number of anilines is 1. The molecule has 1 heterocycles. The lowest BCUT2D eigenvalue weighted by molar-refractivity contribution is -0.126. The van der Waals surface area contributed by atoms with Crippen molar-refractivity contribution >= 4 is 27.5 Å². The first kappa shape index (κ1) is 23.8. The minimum atomic E-state index is -3.69. The quantitative estimate of drug-likeness (QED) is 0.593. The summed E-state index contributed by atoms with van der Waals surface area (Å²) < 4.78 is 27.6. The number of aryl methyl sites for hydroxylation is 1. The molecule has 0 aromatic heterocycles. The molecule has 2 amide bonds. The molecule has 0 saturated carbocycles. The topological polar surface area (TPSA) is 95.6 Å². The van der Waals surface area contributed by atoms with Crippen LogP contribution in [0.3, 0.4) is 0 Å². The zero-order valence-electron chi connectivity index (χ0n) is 18.6. The molecule has 1 saturated heterocycles. The maximum absolute atomic E-state index is 12.8. The van der Waals surface area contributed by atoms with Gasteiger partial charge in [-0.1, -0.05) is 31.0 Å². The number of likely N-dealkylation sites (tertiary alicyclic amines) is 1. The minimum Gasteiger partial charge on any atom is -0.356 e. The summed E-state index contributed by atoms with van der Waals surface area (Å²) in [6, 6.07) is 13.0. The van der Waals surface area contributed by atoms with E-state index in [9.17, 15) is 18.0 Å². The van der Waals surface area contributed by atoms with Gasteiger partial charge in [0.15, 0.2) is 0 Å². The number of rotatable bonds is 8. The largest absolute Gasteiger partial charge is 0.356 e. The summed E-state index contributed by atoms with van der Waals surface area (Å²) >= 11 is 0. The predicted octanol–water partition coefficient (Wildman–Crippen LogP) is 3.56. The number of benzene rings is 2. The molecular weight excluding hydrogens is 426 g/mol. The van der Waals surface area contributed by atoms with Gasteiger partial charge in [0.2, 0.25) is 5.91 Å². The first-order valence-corrected chi connectivity index (χ1v) is 12.5. The van der Waals surface area contributed by atoms with Gasteiger partial charge in [0.25, 0.3) is 15.9 Å². The molecule has 3 rings (SSSR count). The van der Waals surface area contributed by atoms with E-state index in [1.54, 1.807) is 53.4 Å². The lowest BCUT2D eigenvalue weighted by Crippen LogP contribution is -2.43. The molecule has 2 N–H and O–H groups in total. The van der Waals surface area contributed by atoms with Gasteiger partial charge in [0.1, 0.15) is 0 Å². The molecule has 0 bridgehead atoms. The standard InChI is InChI=1S/C24H31N3O4S/c1-3-4-15-25-23(28)19-13-16-27(17-14-19)24(29)20-7-9-21(10-8-20)26-32(30,31)22-11-5-18(2)6-12-22/h5-12,19,26H,3-4,13-17H2,1-2H3,(H,25,28). The first-order valence-electron chi connectivity index (χ1n) is 11.1. The van der Waals surface area contributed by atoms with Crippen LogP contribution in [-0.2, 0) is 14.8 Å². The van der Waals surface area contributed by atoms with Crippen LogP contribution in [0.15, 0.2) is 53.4 Å². The van der Waals surface area contributed by atoms with Crippen LogP contribution in [-0.4, -0.2) is 44.8 Å². The van der Waals surface area contributed by atoms with Gasteiger partial charge in [-0.05, 0) is 62.6 Å². The third-order valence-corrected chi connectivity index (χ3v) is 7.10. The van der Waals surface area contributed by atoms with Crippen LogP contribution in [0, 0.1) is 12.8 Å². The molecule has 0 spiro atoms. The Morgan fingerprint density at radius 3 is 2.22 bits per heavy atom. The van der Waals surface area contributed by atoms with Crippen molar-refractivity contribution in [2.24, 2.45) is 5.92 Å². The van der Waals surface area contributed by atoms with E-state index in [2.05, 4.69) is 17.0 Å². The molecule has 8 heteroatoms. The Kier molecular flexibility index (Phi) is 7.90. The SMILES string of the molecule is CCCCNC(=O)C1CCN(C(=O)c2ccc(NS(=O)(=O)c3ccc(C)cc3)cc2)CC1. The number of sulfonamides is 1. The highest BCUT2D eigenvalue weighted by molar-refractivity contribution is 7.92. The van der Waals surface area contributed by atoms with Crippen molar-refractivity contribution in [2.75, 3.05) is 24.4 Å². The summed E-state index contributed by atoms with van der Waals surface area (Å²) in [6.45, 7) is 5.75.